The van der Waals surface area contributed by atoms with Gasteiger partial charge in [0.05, 0.1) is 54.2 Å². The fourth-order valence-corrected chi connectivity index (χ4v) is 15.4. The number of carboxylic acid groups (broad SMARTS) is 3. The van der Waals surface area contributed by atoms with Crippen LogP contribution in [0.4, 0.5) is 5.69 Å². The molecule has 0 unspecified atom stereocenters. The van der Waals surface area contributed by atoms with Crippen LogP contribution in [0.25, 0.3) is 0 Å². The number of aliphatic carboxylic acids is 3. The summed E-state index contributed by atoms with van der Waals surface area (Å²) in [5, 5.41) is 75.7. The van der Waals surface area contributed by atoms with Crippen molar-refractivity contribution < 1.29 is 88.1 Å². The summed E-state index contributed by atoms with van der Waals surface area (Å²) >= 11 is 12.1. The Hall–Kier alpha value is -8.30. The van der Waals surface area contributed by atoms with E-state index in [0.29, 0.717) is 47.5 Å². The third-order valence-corrected chi connectivity index (χ3v) is 20.7. The number of carbonyl (C=O) groups excluding carboxylic acids is 8. The molecule has 3 aliphatic rings. The van der Waals surface area contributed by atoms with Crippen molar-refractivity contribution in [1.29, 1.82) is 0 Å². The van der Waals surface area contributed by atoms with E-state index < -0.39 is 133 Å². The number of carboxylic acids is 3. The SMILES string of the molecule is CC(C)C[C@@H]1CC(=O)CNC(=O)[C@H](Cc2ccc(O)c(Cl)c2)CC(=O)[C@@H]2C[C@@H](O)CN2C(=O)[C@@H](NC(=O)[C@@H](CCC(=O)O)CC(=O)[C@H](Cc2ccc(O)cc2)NC(=S)Nc2ccc(C[C@H]3CN(CC(=O)O)CCN(CC(=O)O)Cc4cccc(n4)CN3COC=O)cc2)CSSC[C@@H](C)NC1=O. The molecule has 0 spiro atoms. The first-order valence-corrected chi connectivity index (χ1v) is 36.8. The first-order chi connectivity index (χ1) is 48.6. The van der Waals surface area contributed by atoms with Crippen LogP contribution in [0.1, 0.15) is 93.8 Å². The number of rotatable bonds is 25. The van der Waals surface area contributed by atoms with E-state index in [-0.39, 0.29) is 136 Å². The minimum absolute atomic E-state index is 0.0136. The number of carbonyl (C=O) groups is 11. The van der Waals surface area contributed by atoms with Gasteiger partial charge in [0.1, 0.15) is 24.3 Å². The summed E-state index contributed by atoms with van der Waals surface area (Å²) in [4.78, 5) is 160. The molecule has 2 bridgehead atoms. The van der Waals surface area contributed by atoms with Crippen molar-refractivity contribution in [1.82, 2.24) is 45.9 Å². The predicted octanol–water partition coefficient (Wildman–Crippen LogP) is 4.22. The Morgan fingerprint density at radius 1 is 0.804 bits per heavy atom. The lowest BCUT2D eigenvalue weighted by Crippen LogP contribution is -2.54. The summed E-state index contributed by atoms with van der Waals surface area (Å²) < 4.78 is 5.29. The average molecular weight is 1490 g/mol. The molecular formula is C70H89ClN10O18S3. The second-order valence-electron chi connectivity index (χ2n) is 26.4. The number of ether oxygens (including phenoxy) is 1. The van der Waals surface area contributed by atoms with E-state index >= 15 is 4.79 Å². The molecule has 32 heteroatoms. The molecule has 9 atom stereocenters. The Bertz CT molecular complexity index is 3620. The van der Waals surface area contributed by atoms with E-state index in [4.69, 9.17) is 33.5 Å². The van der Waals surface area contributed by atoms with Crippen molar-refractivity contribution in [3.8, 4) is 11.5 Å². The first kappa shape index (κ1) is 81.0. The van der Waals surface area contributed by atoms with Gasteiger partial charge in [-0.3, -0.25) is 72.4 Å². The summed E-state index contributed by atoms with van der Waals surface area (Å²) in [7, 11) is 2.39. The van der Waals surface area contributed by atoms with Crippen LogP contribution in [0, 0.1) is 23.7 Å². The summed E-state index contributed by atoms with van der Waals surface area (Å²) in [5.74, 6) is -11.4. The molecule has 102 heavy (non-hydrogen) atoms. The molecule has 0 saturated carbocycles. The highest BCUT2D eigenvalue weighted by atomic mass is 35.5. The number of hydrogen-bond acceptors (Lipinski definition) is 22. The van der Waals surface area contributed by atoms with Gasteiger partial charge in [0.15, 0.2) is 22.5 Å². The smallest absolute Gasteiger partial charge is 0.317 e. The van der Waals surface area contributed by atoms with Crippen molar-refractivity contribution in [2.24, 2.45) is 23.7 Å². The second kappa shape index (κ2) is 39.9. The van der Waals surface area contributed by atoms with E-state index in [0.717, 1.165) is 21.3 Å². The van der Waals surface area contributed by atoms with Crippen molar-refractivity contribution in [2.75, 3.05) is 69.4 Å². The zero-order valence-corrected chi connectivity index (χ0v) is 60.1. The number of aromatic nitrogens is 1. The van der Waals surface area contributed by atoms with Crippen LogP contribution in [0.15, 0.2) is 84.9 Å². The number of ketones is 3. The molecule has 28 nitrogen and oxygen atoms in total. The first-order valence-electron chi connectivity index (χ1n) is 33.5. The molecule has 552 valence electrons. The summed E-state index contributed by atoms with van der Waals surface area (Å²) in [5.41, 5.74) is 3.40. The number of aromatic hydroxyl groups is 2. The Balaban J connectivity index is 1.12. The van der Waals surface area contributed by atoms with E-state index in [1.807, 2.05) is 18.7 Å². The van der Waals surface area contributed by atoms with E-state index in [1.54, 1.807) is 71.3 Å². The highest BCUT2D eigenvalue weighted by Crippen LogP contribution is 2.31. The molecule has 7 rings (SSSR count). The van der Waals surface area contributed by atoms with Gasteiger partial charge in [-0.05, 0) is 122 Å². The number of Topliss-reactive ketones (excluding diaryl/α,β-unsaturated/α-hetero) is 3. The maximum absolute atomic E-state index is 15.1. The van der Waals surface area contributed by atoms with Gasteiger partial charge in [-0.15, -0.1) is 0 Å². The Kier molecular flexibility index (Phi) is 31.7. The third kappa shape index (κ3) is 26.5. The van der Waals surface area contributed by atoms with E-state index in [9.17, 15) is 78.6 Å². The lowest BCUT2D eigenvalue weighted by molar-refractivity contribution is -0.142. The Morgan fingerprint density at radius 2 is 1.47 bits per heavy atom. The van der Waals surface area contributed by atoms with Gasteiger partial charge in [0.2, 0.25) is 23.6 Å². The maximum atomic E-state index is 15.1. The second-order valence-corrected chi connectivity index (χ2v) is 29.8. The molecule has 2 saturated heterocycles. The van der Waals surface area contributed by atoms with Crippen LogP contribution >= 0.6 is 45.4 Å². The quantitative estimate of drug-likeness (QED) is 0.0251. The number of nitrogens with one attached hydrogen (secondary N) is 5. The summed E-state index contributed by atoms with van der Waals surface area (Å²) in [6.45, 7) is 5.12. The molecule has 11 N–H and O–H groups in total. The highest BCUT2D eigenvalue weighted by Gasteiger charge is 2.43. The number of thiocarbonyl (C=S) groups is 1. The van der Waals surface area contributed by atoms with Crippen LogP contribution in [-0.2, 0) is 89.8 Å². The molecule has 4 heterocycles. The van der Waals surface area contributed by atoms with Gasteiger partial charge in [-0.2, -0.15) is 0 Å². The molecule has 0 radical (unpaired) electrons. The average Bonchev–Trinajstić information content (AvgIpc) is 1.63. The van der Waals surface area contributed by atoms with Crippen molar-refractivity contribution in [2.45, 2.75) is 134 Å². The fraction of sp³-hybridized carbons (Fsp3) is 0.500. The zero-order valence-electron chi connectivity index (χ0n) is 56.9. The van der Waals surface area contributed by atoms with Crippen LogP contribution < -0.4 is 26.6 Å². The van der Waals surface area contributed by atoms with Gasteiger partial charge in [-0.25, -0.2) is 0 Å². The van der Waals surface area contributed by atoms with Gasteiger partial charge >= 0.3 is 17.9 Å². The maximum Gasteiger partial charge on any atom is 0.317 e. The van der Waals surface area contributed by atoms with Crippen molar-refractivity contribution in [3.05, 3.63) is 118 Å². The fourth-order valence-electron chi connectivity index (χ4n) is 12.5. The van der Waals surface area contributed by atoms with E-state index in [2.05, 4.69) is 26.6 Å². The summed E-state index contributed by atoms with van der Waals surface area (Å²) in [6.07, 6.45) is -3.23. The van der Waals surface area contributed by atoms with Crippen molar-refractivity contribution >= 4 is 122 Å². The Labute approximate surface area is 609 Å². The number of halogens is 1. The van der Waals surface area contributed by atoms with Gasteiger partial charge in [0, 0.05) is 118 Å². The number of aliphatic hydroxyl groups excluding tert-OH is 1. The number of hydrogen-bond donors (Lipinski definition) is 11. The number of pyridine rings is 1. The molecule has 2 fully saturated rings. The number of amides is 4. The standard InChI is InChI=1S/C70H89ClN10O18S3/c1-41(2)21-47-26-54(84)30-72-66(95)48(22-45-11-17-60(86)56(71)24-45)28-62(88)59-29-55(85)34-81(59)69(98)58(38-102-101-37-42(3)73-68(47)97)76-67(96)46(12-18-63(89)90)27-61(87)57(25-44-9-15-53(83)16-10-44)77-70(100)75-49-13-7-43(8-14-49)23-52-33-79(36-65(93)94)20-19-78(35-64(91)92)31-50-5-4-6-51(74-50)32-80(52)39-99-40-82/h4-11,13-17,24,40-42,46-48,52,55,57-59,83,85-86H,12,18-23,25-39H2,1-3H3,(H,72,95)(H,73,97)(H,76,96)(H,89,90)(H,91,92)(H,93,94)(H2,75,77,100)/t42-,46+,47-,48-,52+,55-,57+,58+,59+/m1/s1. The van der Waals surface area contributed by atoms with Gasteiger partial charge in [0.25, 0.3) is 6.47 Å². The van der Waals surface area contributed by atoms with E-state index in [1.165, 1.54) is 41.1 Å². The number of phenolic OH excluding ortho intramolecular Hbond substituents is 2. The molecule has 3 aliphatic heterocycles. The largest absolute Gasteiger partial charge is 0.508 e. The van der Waals surface area contributed by atoms with Crippen LogP contribution in [0.2, 0.25) is 5.02 Å². The zero-order chi connectivity index (χ0) is 74.2. The number of anilines is 1. The molecule has 1 aromatic heterocycles. The van der Waals surface area contributed by atoms with Gasteiger partial charge in [-0.1, -0.05) is 83.4 Å². The lowest BCUT2D eigenvalue weighted by atomic mass is 9.90. The van der Waals surface area contributed by atoms with Crippen LogP contribution in [-0.4, -0.2) is 226 Å². The molecular weight excluding hydrogens is 1400 g/mol. The number of phenols is 2. The van der Waals surface area contributed by atoms with Gasteiger partial charge < -0.3 is 66.9 Å². The lowest BCUT2D eigenvalue weighted by Gasteiger charge is -2.36. The normalized spacial score (nSPS) is 21.9. The number of aliphatic hydroxyl groups is 1. The molecule has 3 aromatic carbocycles. The monoisotopic (exact) mass is 1490 g/mol. The molecule has 4 amide bonds. The third-order valence-electron chi connectivity index (χ3n) is 17.6. The number of fused-ring (bicyclic) bond motifs is 3. The predicted molar refractivity (Wildman–Crippen MR) is 384 cm³/mol. The number of benzene rings is 3. The van der Waals surface area contributed by atoms with Crippen LogP contribution in [0.3, 0.4) is 0 Å². The number of nitrogens with zero attached hydrogens (tertiary/aromatic N) is 5. The summed E-state index contributed by atoms with van der Waals surface area (Å²) in [6, 6.07) is 17.6. The Morgan fingerprint density at radius 3 is 2.15 bits per heavy atom. The minimum Gasteiger partial charge on any atom is -0.508 e. The van der Waals surface area contributed by atoms with Crippen LogP contribution in [0.5, 0.6) is 11.5 Å². The minimum atomic E-state index is -1.46. The highest BCUT2D eigenvalue weighted by molar-refractivity contribution is 8.76. The topological polar surface area (TPSA) is 404 Å². The van der Waals surface area contributed by atoms with Crippen molar-refractivity contribution in [3.63, 3.8) is 0 Å². The molecule has 4 aromatic rings. The molecule has 0 aliphatic carbocycles.